The minimum atomic E-state index is -0.653. The zero-order valence-corrected chi connectivity index (χ0v) is 17.4. The summed E-state index contributed by atoms with van der Waals surface area (Å²) in [6.07, 6.45) is 20.3. The Morgan fingerprint density at radius 1 is 0.769 bits per heavy atom. The van der Waals surface area contributed by atoms with Crippen LogP contribution in [0.4, 0.5) is 0 Å². The summed E-state index contributed by atoms with van der Waals surface area (Å²) in [5.74, 6) is -0.653. The molecule has 156 valence electrons. The Hall–Kier alpha value is -0.970. The molecule has 0 heterocycles. The van der Waals surface area contributed by atoms with E-state index in [9.17, 15) is 9.70 Å². The Labute approximate surface area is 161 Å². The molecule has 0 bridgehead atoms. The molecule has 0 amide bonds. The van der Waals surface area contributed by atoms with Gasteiger partial charge in [-0.1, -0.05) is 109 Å². The number of hydrogen-bond donors (Lipinski definition) is 2. The lowest BCUT2D eigenvalue weighted by atomic mass is 10.0. The second-order valence-electron chi connectivity index (χ2n) is 7.17. The quantitative estimate of drug-likeness (QED) is 0.205. The Bertz CT molecular complexity index is 299. The third kappa shape index (κ3) is 27.9. The van der Waals surface area contributed by atoms with E-state index in [-0.39, 0.29) is 0 Å². The van der Waals surface area contributed by atoms with Crippen LogP contribution in [0.15, 0.2) is 5.18 Å². The van der Waals surface area contributed by atoms with Crippen molar-refractivity contribution in [2.75, 3.05) is 0 Å². The normalized spacial score (nSPS) is 11.5. The standard InChI is InChI=1S/C18H36O2.C3H8N2O/c1-2-3-4-5-6-7-8-9-10-11-12-13-14-15-16-17-18(19)20;1-2-3(4)5-6/h2-17H2,1H3,(H,19,20);3H,2,4H2,1H3. The number of rotatable bonds is 18. The Morgan fingerprint density at radius 2 is 1.12 bits per heavy atom. The molecule has 0 saturated heterocycles. The molecular weight excluding hydrogens is 328 g/mol. The van der Waals surface area contributed by atoms with Gasteiger partial charge in [-0.2, -0.15) is 0 Å². The summed E-state index contributed by atoms with van der Waals surface area (Å²) in [4.78, 5) is 19.7. The van der Waals surface area contributed by atoms with Crippen LogP contribution in [0.1, 0.15) is 123 Å². The molecule has 0 radical (unpaired) electrons. The fourth-order valence-corrected chi connectivity index (χ4v) is 2.72. The smallest absolute Gasteiger partial charge is 0.303 e. The molecule has 0 aliphatic heterocycles. The number of unbranched alkanes of at least 4 members (excludes halogenated alkanes) is 14. The molecule has 26 heavy (non-hydrogen) atoms. The van der Waals surface area contributed by atoms with Crippen molar-refractivity contribution in [3.63, 3.8) is 0 Å². The van der Waals surface area contributed by atoms with Gasteiger partial charge >= 0.3 is 5.97 Å². The van der Waals surface area contributed by atoms with Gasteiger partial charge in [0.25, 0.3) is 0 Å². The van der Waals surface area contributed by atoms with Crippen molar-refractivity contribution >= 4 is 5.97 Å². The van der Waals surface area contributed by atoms with Crippen molar-refractivity contribution in [1.29, 1.82) is 0 Å². The van der Waals surface area contributed by atoms with Crippen LogP contribution in [-0.4, -0.2) is 17.2 Å². The Morgan fingerprint density at radius 3 is 1.35 bits per heavy atom. The summed E-state index contributed by atoms with van der Waals surface area (Å²) in [6.45, 7) is 4.08. The summed E-state index contributed by atoms with van der Waals surface area (Å²) in [5.41, 5.74) is 4.99. The van der Waals surface area contributed by atoms with E-state index >= 15 is 0 Å². The molecule has 1 unspecified atom stereocenters. The van der Waals surface area contributed by atoms with Crippen LogP contribution in [-0.2, 0) is 4.79 Å². The fraction of sp³-hybridized carbons (Fsp3) is 0.952. The van der Waals surface area contributed by atoms with Gasteiger partial charge in [-0.3, -0.25) is 4.79 Å². The fourth-order valence-electron chi connectivity index (χ4n) is 2.72. The van der Waals surface area contributed by atoms with E-state index < -0.39 is 12.1 Å². The van der Waals surface area contributed by atoms with E-state index in [4.69, 9.17) is 10.8 Å². The molecule has 0 aliphatic rings. The first-order valence-electron chi connectivity index (χ1n) is 10.9. The highest BCUT2D eigenvalue weighted by Gasteiger charge is 1.97. The summed E-state index contributed by atoms with van der Waals surface area (Å²) in [6, 6.07) is 0. The van der Waals surface area contributed by atoms with E-state index in [1.807, 2.05) is 6.92 Å². The SMILES string of the molecule is CCC(N)N=O.CCCCCCCCCCCCCCCCCC(=O)O. The molecule has 1 atom stereocenters. The summed E-state index contributed by atoms with van der Waals surface area (Å²) in [5, 5.41) is 11.1. The zero-order chi connectivity index (χ0) is 19.9. The van der Waals surface area contributed by atoms with E-state index in [0.29, 0.717) is 12.8 Å². The van der Waals surface area contributed by atoms with Gasteiger partial charge in [-0.05, 0) is 12.8 Å². The third-order valence-electron chi connectivity index (χ3n) is 4.55. The first kappa shape index (κ1) is 27.3. The maximum Gasteiger partial charge on any atom is 0.303 e. The number of carboxylic acid groups (broad SMARTS) is 1. The lowest BCUT2D eigenvalue weighted by Crippen LogP contribution is -2.13. The minimum Gasteiger partial charge on any atom is -0.481 e. The first-order valence-corrected chi connectivity index (χ1v) is 10.9. The highest BCUT2D eigenvalue weighted by atomic mass is 16.4. The highest BCUT2D eigenvalue weighted by molar-refractivity contribution is 5.66. The molecule has 0 aromatic heterocycles. The van der Waals surface area contributed by atoms with Gasteiger partial charge in [0.2, 0.25) is 0 Å². The maximum atomic E-state index is 10.3. The van der Waals surface area contributed by atoms with E-state index in [0.717, 1.165) is 12.8 Å². The molecular formula is C21H44N2O3. The van der Waals surface area contributed by atoms with Crippen LogP contribution in [0, 0.1) is 4.91 Å². The summed E-state index contributed by atoms with van der Waals surface area (Å²) < 4.78 is 0. The molecule has 5 nitrogen and oxygen atoms in total. The molecule has 0 aromatic rings. The van der Waals surface area contributed by atoms with Gasteiger partial charge in [-0.25, -0.2) is 0 Å². The Kier molecular flexibility index (Phi) is 25.2. The number of carboxylic acids is 1. The van der Waals surface area contributed by atoms with Gasteiger partial charge in [0, 0.05) is 6.42 Å². The topological polar surface area (TPSA) is 92.8 Å². The predicted molar refractivity (Wildman–Crippen MR) is 111 cm³/mol. The number of nitrogens with zero attached hydrogens (tertiary/aromatic N) is 1. The van der Waals surface area contributed by atoms with Crippen molar-refractivity contribution in [2.45, 2.75) is 129 Å². The van der Waals surface area contributed by atoms with Crippen molar-refractivity contribution in [3.8, 4) is 0 Å². The van der Waals surface area contributed by atoms with Crippen molar-refractivity contribution in [1.82, 2.24) is 0 Å². The molecule has 0 aromatic carbocycles. The largest absolute Gasteiger partial charge is 0.481 e. The molecule has 3 N–H and O–H groups in total. The number of nitrogens with two attached hydrogens (primary N) is 1. The first-order chi connectivity index (χ1) is 12.6. The lowest BCUT2D eigenvalue weighted by molar-refractivity contribution is -0.137. The predicted octanol–water partition coefficient (Wildman–Crippen LogP) is 6.78. The maximum absolute atomic E-state index is 10.3. The number of hydrogen-bond acceptors (Lipinski definition) is 4. The Balaban J connectivity index is 0. The van der Waals surface area contributed by atoms with E-state index in [1.54, 1.807) is 0 Å². The van der Waals surface area contributed by atoms with Gasteiger partial charge < -0.3 is 10.8 Å². The van der Waals surface area contributed by atoms with Crippen LogP contribution in [0.2, 0.25) is 0 Å². The highest BCUT2D eigenvalue weighted by Crippen LogP contribution is 2.13. The second-order valence-corrected chi connectivity index (χ2v) is 7.17. The summed E-state index contributed by atoms with van der Waals surface area (Å²) >= 11 is 0. The molecule has 0 aliphatic carbocycles. The molecule has 0 fully saturated rings. The van der Waals surface area contributed by atoms with E-state index in [1.165, 1.54) is 83.5 Å². The third-order valence-corrected chi connectivity index (χ3v) is 4.55. The van der Waals surface area contributed by atoms with Gasteiger partial charge in [0.1, 0.15) is 6.17 Å². The number of nitroso groups, excluding NO2 is 1. The van der Waals surface area contributed by atoms with Crippen molar-refractivity contribution in [3.05, 3.63) is 4.91 Å². The van der Waals surface area contributed by atoms with Gasteiger partial charge in [0.05, 0.1) is 0 Å². The number of carbonyl (C=O) groups is 1. The van der Waals surface area contributed by atoms with Crippen LogP contribution in [0.25, 0.3) is 0 Å². The number of aliphatic carboxylic acids is 1. The van der Waals surface area contributed by atoms with Crippen LogP contribution >= 0.6 is 0 Å². The minimum absolute atomic E-state index is 0.345. The van der Waals surface area contributed by atoms with Crippen molar-refractivity contribution in [2.24, 2.45) is 10.9 Å². The molecule has 5 heteroatoms. The van der Waals surface area contributed by atoms with Crippen LogP contribution < -0.4 is 5.73 Å². The second kappa shape index (κ2) is 24.0. The zero-order valence-electron chi connectivity index (χ0n) is 17.4. The summed E-state index contributed by atoms with van der Waals surface area (Å²) in [7, 11) is 0. The molecule has 0 spiro atoms. The average Bonchev–Trinajstić information content (AvgIpc) is 2.64. The molecule has 0 saturated carbocycles. The van der Waals surface area contributed by atoms with E-state index in [2.05, 4.69) is 12.1 Å². The van der Waals surface area contributed by atoms with Crippen molar-refractivity contribution < 1.29 is 9.90 Å². The van der Waals surface area contributed by atoms with Crippen LogP contribution in [0.5, 0.6) is 0 Å². The van der Waals surface area contributed by atoms with Gasteiger partial charge in [-0.15, -0.1) is 4.91 Å². The van der Waals surface area contributed by atoms with Crippen LogP contribution in [0.3, 0.4) is 0 Å². The van der Waals surface area contributed by atoms with Gasteiger partial charge in [0.15, 0.2) is 0 Å². The lowest BCUT2D eigenvalue weighted by Gasteiger charge is -2.03. The monoisotopic (exact) mass is 372 g/mol. The average molecular weight is 373 g/mol. The molecule has 0 rings (SSSR count).